The molecule has 1 aromatic carbocycles. The minimum atomic E-state index is 0.386. The standard InChI is InChI=1S/C10H10OS2/c1-6-5-7-8(11)3-4-9(12-2)10(7)13-6/h3-5,11H,1-2H3. The molecule has 1 aromatic heterocycles. The summed E-state index contributed by atoms with van der Waals surface area (Å²) in [5, 5.41) is 10.6. The molecule has 1 N–H and O–H groups in total. The number of phenolic OH excluding ortho intramolecular Hbond substituents is 1. The van der Waals surface area contributed by atoms with Crippen LogP contribution in [0.5, 0.6) is 5.75 Å². The minimum Gasteiger partial charge on any atom is -0.507 e. The lowest BCUT2D eigenvalue weighted by Crippen LogP contribution is -1.71. The molecule has 0 unspecified atom stereocenters. The van der Waals surface area contributed by atoms with Crippen molar-refractivity contribution in [2.75, 3.05) is 6.26 Å². The van der Waals surface area contributed by atoms with Crippen LogP contribution in [0.3, 0.4) is 0 Å². The Bertz CT molecular complexity index is 445. The fraction of sp³-hybridized carbons (Fsp3) is 0.200. The minimum absolute atomic E-state index is 0.386. The van der Waals surface area contributed by atoms with Gasteiger partial charge in [0.1, 0.15) is 5.75 Å². The maximum absolute atomic E-state index is 9.60. The Morgan fingerprint density at radius 3 is 2.85 bits per heavy atom. The topological polar surface area (TPSA) is 20.2 Å². The first-order valence-corrected chi connectivity index (χ1v) is 6.02. The molecule has 0 bridgehead atoms. The highest BCUT2D eigenvalue weighted by atomic mass is 32.2. The van der Waals surface area contributed by atoms with Gasteiger partial charge >= 0.3 is 0 Å². The van der Waals surface area contributed by atoms with Crippen molar-refractivity contribution in [3.05, 3.63) is 23.1 Å². The monoisotopic (exact) mass is 210 g/mol. The SMILES string of the molecule is CSc1ccc(O)c2cc(C)sc12. The molecule has 2 aromatic rings. The third-order valence-corrected chi connectivity index (χ3v) is 3.96. The molecule has 3 heteroatoms. The van der Waals surface area contributed by atoms with Crippen LogP contribution >= 0.6 is 23.1 Å². The van der Waals surface area contributed by atoms with Gasteiger partial charge in [0.15, 0.2) is 0 Å². The molecule has 1 heterocycles. The summed E-state index contributed by atoms with van der Waals surface area (Å²) in [4.78, 5) is 2.48. The van der Waals surface area contributed by atoms with Gasteiger partial charge in [0.25, 0.3) is 0 Å². The van der Waals surface area contributed by atoms with Crippen LogP contribution in [-0.2, 0) is 0 Å². The number of thioether (sulfide) groups is 1. The van der Waals surface area contributed by atoms with E-state index in [0.717, 1.165) is 5.39 Å². The van der Waals surface area contributed by atoms with Crippen LogP contribution in [0, 0.1) is 6.92 Å². The molecule has 1 nitrogen and oxygen atoms in total. The molecule has 13 heavy (non-hydrogen) atoms. The van der Waals surface area contributed by atoms with Crippen LogP contribution in [0.4, 0.5) is 0 Å². The lowest BCUT2D eigenvalue weighted by molar-refractivity contribution is 0.481. The van der Waals surface area contributed by atoms with E-state index in [4.69, 9.17) is 0 Å². The van der Waals surface area contributed by atoms with E-state index in [9.17, 15) is 5.11 Å². The van der Waals surface area contributed by atoms with Crippen molar-refractivity contribution in [1.82, 2.24) is 0 Å². The number of benzene rings is 1. The average Bonchev–Trinajstić information content (AvgIpc) is 2.48. The molecule has 0 aliphatic heterocycles. The zero-order valence-electron chi connectivity index (χ0n) is 7.50. The van der Waals surface area contributed by atoms with E-state index in [1.807, 2.05) is 12.1 Å². The summed E-state index contributed by atoms with van der Waals surface area (Å²) in [6, 6.07) is 5.77. The lowest BCUT2D eigenvalue weighted by Gasteiger charge is -1.99. The van der Waals surface area contributed by atoms with E-state index < -0.39 is 0 Å². The van der Waals surface area contributed by atoms with E-state index in [1.54, 1.807) is 29.2 Å². The second-order valence-corrected chi connectivity index (χ2v) is 4.99. The molecule has 0 saturated carbocycles. The maximum Gasteiger partial charge on any atom is 0.124 e. The first kappa shape index (κ1) is 8.91. The van der Waals surface area contributed by atoms with Crippen LogP contribution in [0.2, 0.25) is 0 Å². The average molecular weight is 210 g/mol. The van der Waals surface area contributed by atoms with Crippen LogP contribution < -0.4 is 0 Å². The summed E-state index contributed by atoms with van der Waals surface area (Å²) < 4.78 is 1.20. The number of thiophene rings is 1. The molecule has 0 fully saturated rings. The van der Waals surface area contributed by atoms with E-state index in [-0.39, 0.29) is 0 Å². The Labute approximate surface area is 85.4 Å². The summed E-state index contributed by atoms with van der Waals surface area (Å²) in [5.74, 6) is 0.386. The first-order valence-electron chi connectivity index (χ1n) is 3.98. The van der Waals surface area contributed by atoms with Crippen molar-refractivity contribution in [3.63, 3.8) is 0 Å². The van der Waals surface area contributed by atoms with Gasteiger partial charge in [0.2, 0.25) is 0 Å². The number of rotatable bonds is 1. The molecule has 0 amide bonds. The highest BCUT2D eigenvalue weighted by molar-refractivity contribution is 7.99. The zero-order chi connectivity index (χ0) is 9.42. The Morgan fingerprint density at radius 2 is 2.15 bits per heavy atom. The van der Waals surface area contributed by atoms with Crippen molar-refractivity contribution >= 4 is 33.2 Å². The van der Waals surface area contributed by atoms with Gasteiger partial charge in [-0.1, -0.05) is 0 Å². The largest absolute Gasteiger partial charge is 0.507 e. The molecular weight excluding hydrogens is 200 g/mol. The van der Waals surface area contributed by atoms with Gasteiger partial charge in [0.05, 0.1) is 4.70 Å². The second-order valence-electron chi connectivity index (χ2n) is 2.89. The van der Waals surface area contributed by atoms with E-state index in [2.05, 4.69) is 13.2 Å². The molecule has 2 rings (SSSR count). The van der Waals surface area contributed by atoms with Crippen molar-refractivity contribution in [2.45, 2.75) is 11.8 Å². The van der Waals surface area contributed by atoms with E-state index >= 15 is 0 Å². The van der Waals surface area contributed by atoms with Crippen molar-refractivity contribution in [3.8, 4) is 5.75 Å². The number of aryl methyl sites for hydroxylation is 1. The molecule has 0 saturated heterocycles. The zero-order valence-corrected chi connectivity index (χ0v) is 9.13. The lowest BCUT2D eigenvalue weighted by atomic mass is 10.2. The first-order chi connectivity index (χ1) is 6.22. The number of hydrogen-bond donors (Lipinski definition) is 1. The van der Waals surface area contributed by atoms with Crippen LogP contribution in [0.25, 0.3) is 10.1 Å². The van der Waals surface area contributed by atoms with Crippen molar-refractivity contribution < 1.29 is 5.11 Å². The Balaban J connectivity index is 2.83. The van der Waals surface area contributed by atoms with Gasteiger partial charge in [-0.2, -0.15) is 0 Å². The fourth-order valence-corrected chi connectivity index (χ4v) is 3.18. The summed E-state index contributed by atoms with van der Waals surface area (Å²) in [6.45, 7) is 2.06. The number of fused-ring (bicyclic) bond motifs is 1. The van der Waals surface area contributed by atoms with Crippen LogP contribution in [0.1, 0.15) is 4.88 Å². The quantitative estimate of drug-likeness (QED) is 0.725. The van der Waals surface area contributed by atoms with Gasteiger partial charge in [0, 0.05) is 15.2 Å². The summed E-state index contributed by atoms with van der Waals surface area (Å²) in [6.07, 6.45) is 2.06. The van der Waals surface area contributed by atoms with Crippen LogP contribution in [0.15, 0.2) is 23.1 Å². The van der Waals surface area contributed by atoms with Gasteiger partial charge in [-0.15, -0.1) is 23.1 Å². The van der Waals surface area contributed by atoms with E-state index in [1.165, 1.54) is 14.5 Å². The van der Waals surface area contributed by atoms with Gasteiger partial charge in [-0.05, 0) is 31.4 Å². The highest BCUT2D eigenvalue weighted by Crippen LogP contribution is 2.37. The second kappa shape index (κ2) is 3.24. The predicted molar refractivity (Wildman–Crippen MR) is 60.0 cm³/mol. The summed E-state index contributed by atoms with van der Waals surface area (Å²) >= 11 is 3.46. The van der Waals surface area contributed by atoms with Crippen LogP contribution in [-0.4, -0.2) is 11.4 Å². The number of aromatic hydroxyl groups is 1. The van der Waals surface area contributed by atoms with E-state index in [0.29, 0.717) is 5.75 Å². The van der Waals surface area contributed by atoms with Crippen molar-refractivity contribution in [2.24, 2.45) is 0 Å². The Morgan fingerprint density at radius 1 is 1.38 bits per heavy atom. The predicted octanol–water partition coefficient (Wildman–Crippen LogP) is 3.64. The highest BCUT2D eigenvalue weighted by Gasteiger charge is 2.07. The third kappa shape index (κ3) is 1.42. The van der Waals surface area contributed by atoms with Gasteiger partial charge in [-0.25, -0.2) is 0 Å². The normalized spacial score (nSPS) is 10.9. The number of hydrogen-bond acceptors (Lipinski definition) is 3. The molecule has 0 aliphatic rings. The van der Waals surface area contributed by atoms with Gasteiger partial charge < -0.3 is 5.11 Å². The smallest absolute Gasteiger partial charge is 0.124 e. The fourth-order valence-electron chi connectivity index (χ4n) is 1.37. The molecule has 0 aliphatic carbocycles. The molecule has 0 atom stereocenters. The number of phenols is 1. The molecule has 0 radical (unpaired) electrons. The summed E-state index contributed by atoms with van der Waals surface area (Å²) in [5.41, 5.74) is 0. The maximum atomic E-state index is 9.60. The molecule has 0 spiro atoms. The molecule has 68 valence electrons. The van der Waals surface area contributed by atoms with Gasteiger partial charge in [-0.3, -0.25) is 0 Å². The molecular formula is C10H10OS2. The Hall–Kier alpha value is -0.670. The Kier molecular flexibility index (Phi) is 2.22. The summed E-state index contributed by atoms with van der Waals surface area (Å²) in [7, 11) is 0. The van der Waals surface area contributed by atoms with Crippen molar-refractivity contribution in [1.29, 1.82) is 0 Å². The third-order valence-electron chi connectivity index (χ3n) is 1.97.